The molecule has 1 aromatic heterocycles. The zero-order valence-electron chi connectivity index (χ0n) is 12.1. The summed E-state index contributed by atoms with van der Waals surface area (Å²) in [5.74, 6) is 1.21. The van der Waals surface area contributed by atoms with E-state index in [-0.39, 0.29) is 5.54 Å². The maximum absolute atomic E-state index is 6.11. The van der Waals surface area contributed by atoms with Crippen LogP contribution in [0.2, 0.25) is 0 Å². The van der Waals surface area contributed by atoms with Gasteiger partial charge >= 0.3 is 0 Å². The summed E-state index contributed by atoms with van der Waals surface area (Å²) in [4.78, 5) is 4.85. The number of nitrogens with zero attached hydrogens (tertiary/aromatic N) is 2. The maximum atomic E-state index is 6.11. The third-order valence-electron chi connectivity index (χ3n) is 3.82. The van der Waals surface area contributed by atoms with Crippen molar-refractivity contribution < 1.29 is 0 Å². The Morgan fingerprint density at radius 1 is 1.37 bits per heavy atom. The molecule has 0 radical (unpaired) electrons. The predicted octanol–water partition coefficient (Wildman–Crippen LogP) is 3.35. The molecule has 0 unspecified atom stereocenters. The van der Waals surface area contributed by atoms with Gasteiger partial charge < -0.3 is 10.3 Å². The van der Waals surface area contributed by atoms with E-state index in [9.17, 15) is 0 Å². The van der Waals surface area contributed by atoms with Crippen molar-refractivity contribution in [3.8, 4) is 0 Å². The summed E-state index contributed by atoms with van der Waals surface area (Å²) < 4.78 is 2.44. The fraction of sp³-hybridized carbons (Fsp3) is 0.562. The smallest absolute Gasteiger partial charge is 0.110 e. The number of imidazole rings is 1. The van der Waals surface area contributed by atoms with Crippen LogP contribution in [0.1, 0.15) is 50.5 Å². The van der Waals surface area contributed by atoms with Crippen LogP contribution >= 0.6 is 0 Å². The molecule has 3 heteroatoms. The van der Waals surface area contributed by atoms with Crippen LogP contribution < -0.4 is 5.73 Å². The Morgan fingerprint density at radius 3 is 2.74 bits per heavy atom. The van der Waals surface area contributed by atoms with Crippen molar-refractivity contribution >= 4 is 11.0 Å². The molecule has 3 rings (SSSR count). The summed E-state index contributed by atoms with van der Waals surface area (Å²) in [5, 5.41) is 0. The van der Waals surface area contributed by atoms with E-state index in [0.717, 1.165) is 18.4 Å². The van der Waals surface area contributed by atoms with Gasteiger partial charge in [0.2, 0.25) is 0 Å². The molecule has 2 N–H and O–H groups in total. The normalized spacial score (nSPS) is 16.2. The fourth-order valence-corrected chi connectivity index (χ4v) is 2.61. The Morgan fingerprint density at radius 2 is 2.11 bits per heavy atom. The summed E-state index contributed by atoms with van der Waals surface area (Å²) in [6.45, 7) is 6.29. The molecule has 0 spiro atoms. The van der Waals surface area contributed by atoms with Gasteiger partial charge in [-0.3, -0.25) is 0 Å². The Bertz CT molecular complexity index is 600. The molecule has 1 fully saturated rings. The van der Waals surface area contributed by atoms with Crippen molar-refractivity contribution in [2.45, 2.75) is 58.0 Å². The molecule has 0 bridgehead atoms. The molecule has 0 saturated heterocycles. The standard InChI is InChI=1S/C16H23N3/c1-11-4-7-14-13(10-11)18-15(8-9-16(2,3)17)19(14)12-5-6-12/h4,7,10,12H,5-6,8-9,17H2,1-3H3. The van der Waals surface area contributed by atoms with Crippen molar-refractivity contribution in [2.24, 2.45) is 5.73 Å². The average molecular weight is 257 g/mol. The van der Waals surface area contributed by atoms with Gasteiger partial charge in [-0.25, -0.2) is 4.98 Å². The summed E-state index contributed by atoms with van der Waals surface area (Å²) >= 11 is 0. The molecule has 1 aliphatic rings. The lowest BCUT2D eigenvalue weighted by atomic mass is 10.00. The van der Waals surface area contributed by atoms with E-state index in [2.05, 4.69) is 43.5 Å². The summed E-state index contributed by atoms with van der Waals surface area (Å²) in [6, 6.07) is 7.25. The van der Waals surface area contributed by atoms with Crippen LogP contribution in [0.3, 0.4) is 0 Å². The molecule has 102 valence electrons. The van der Waals surface area contributed by atoms with E-state index in [0.29, 0.717) is 6.04 Å². The molecular weight excluding hydrogens is 234 g/mol. The van der Waals surface area contributed by atoms with Crippen LogP contribution in [0.4, 0.5) is 0 Å². The molecule has 1 aliphatic carbocycles. The topological polar surface area (TPSA) is 43.8 Å². The number of aromatic nitrogens is 2. The first-order valence-electron chi connectivity index (χ1n) is 7.20. The molecule has 19 heavy (non-hydrogen) atoms. The van der Waals surface area contributed by atoms with Crippen LogP contribution in [-0.2, 0) is 6.42 Å². The van der Waals surface area contributed by atoms with Crippen molar-refractivity contribution in [3.63, 3.8) is 0 Å². The van der Waals surface area contributed by atoms with Gasteiger partial charge in [0.25, 0.3) is 0 Å². The lowest BCUT2D eigenvalue weighted by molar-refractivity contribution is 0.465. The summed E-state index contributed by atoms with van der Waals surface area (Å²) in [7, 11) is 0. The third kappa shape index (κ3) is 2.66. The predicted molar refractivity (Wildman–Crippen MR) is 79.3 cm³/mol. The quantitative estimate of drug-likeness (QED) is 0.912. The number of hydrogen-bond donors (Lipinski definition) is 1. The lowest BCUT2D eigenvalue weighted by Gasteiger charge is -2.18. The number of rotatable bonds is 4. The Labute approximate surface area is 114 Å². The highest BCUT2D eigenvalue weighted by molar-refractivity contribution is 5.77. The first-order chi connectivity index (χ1) is 8.94. The highest BCUT2D eigenvalue weighted by Gasteiger charge is 2.28. The SMILES string of the molecule is Cc1ccc2c(c1)nc(CCC(C)(C)N)n2C1CC1. The minimum Gasteiger partial charge on any atom is -0.326 e. The monoisotopic (exact) mass is 257 g/mol. The molecule has 1 saturated carbocycles. The molecule has 0 amide bonds. The van der Waals surface area contributed by atoms with Gasteiger partial charge in [0.15, 0.2) is 0 Å². The third-order valence-corrected chi connectivity index (χ3v) is 3.82. The zero-order chi connectivity index (χ0) is 13.6. The van der Waals surface area contributed by atoms with Gasteiger partial charge in [-0.15, -0.1) is 0 Å². The summed E-state index contributed by atoms with van der Waals surface area (Å²) in [6.07, 6.45) is 4.52. The molecule has 3 nitrogen and oxygen atoms in total. The Balaban J connectivity index is 2.00. The average Bonchev–Trinajstić information content (AvgIpc) is 3.07. The van der Waals surface area contributed by atoms with E-state index < -0.39 is 0 Å². The Kier molecular flexibility index (Phi) is 2.90. The van der Waals surface area contributed by atoms with Crippen LogP contribution in [0, 0.1) is 6.92 Å². The second-order valence-electron chi connectivity index (χ2n) is 6.61. The van der Waals surface area contributed by atoms with Gasteiger partial charge in [-0.2, -0.15) is 0 Å². The van der Waals surface area contributed by atoms with Crippen LogP contribution in [0.5, 0.6) is 0 Å². The zero-order valence-corrected chi connectivity index (χ0v) is 12.1. The number of benzene rings is 1. The van der Waals surface area contributed by atoms with E-state index >= 15 is 0 Å². The minimum atomic E-state index is -0.123. The highest BCUT2D eigenvalue weighted by Crippen LogP contribution is 2.39. The van der Waals surface area contributed by atoms with Crippen molar-refractivity contribution in [1.29, 1.82) is 0 Å². The van der Waals surface area contributed by atoms with Gasteiger partial charge in [0, 0.05) is 18.0 Å². The van der Waals surface area contributed by atoms with Gasteiger partial charge in [-0.1, -0.05) is 6.07 Å². The number of nitrogens with two attached hydrogens (primary N) is 1. The first kappa shape index (κ1) is 12.7. The van der Waals surface area contributed by atoms with Crippen LogP contribution in [0.15, 0.2) is 18.2 Å². The van der Waals surface area contributed by atoms with Gasteiger partial charge in [0.05, 0.1) is 11.0 Å². The number of fused-ring (bicyclic) bond motifs is 1. The first-order valence-corrected chi connectivity index (χ1v) is 7.20. The second-order valence-corrected chi connectivity index (χ2v) is 6.61. The Hall–Kier alpha value is -1.35. The fourth-order valence-electron chi connectivity index (χ4n) is 2.61. The number of aryl methyl sites for hydroxylation is 2. The van der Waals surface area contributed by atoms with Gasteiger partial charge in [0.1, 0.15) is 5.82 Å². The summed E-state index contributed by atoms with van der Waals surface area (Å²) in [5.41, 5.74) is 9.69. The maximum Gasteiger partial charge on any atom is 0.110 e. The molecule has 0 aliphatic heterocycles. The number of hydrogen-bond acceptors (Lipinski definition) is 2. The molecule has 1 heterocycles. The van der Waals surface area contributed by atoms with Crippen molar-refractivity contribution in [2.75, 3.05) is 0 Å². The lowest BCUT2D eigenvalue weighted by Crippen LogP contribution is -2.32. The molecule has 1 aromatic carbocycles. The van der Waals surface area contributed by atoms with E-state index in [1.165, 1.54) is 29.7 Å². The van der Waals surface area contributed by atoms with E-state index in [4.69, 9.17) is 10.7 Å². The van der Waals surface area contributed by atoms with Crippen LogP contribution in [0.25, 0.3) is 11.0 Å². The van der Waals surface area contributed by atoms with Gasteiger partial charge in [-0.05, 0) is 57.7 Å². The largest absolute Gasteiger partial charge is 0.326 e. The highest BCUT2D eigenvalue weighted by atomic mass is 15.1. The van der Waals surface area contributed by atoms with E-state index in [1.54, 1.807) is 0 Å². The minimum absolute atomic E-state index is 0.123. The molecule has 0 atom stereocenters. The molecular formula is C16H23N3. The van der Waals surface area contributed by atoms with Crippen molar-refractivity contribution in [1.82, 2.24) is 9.55 Å². The van der Waals surface area contributed by atoms with Crippen molar-refractivity contribution in [3.05, 3.63) is 29.6 Å². The second kappa shape index (κ2) is 4.34. The van der Waals surface area contributed by atoms with E-state index in [1.807, 2.05) is 0 Å². The molecule has 2 aromatic rings. The van der Waals surface area contributed by atoms with Crippen LogP contribution in [-0.4, -0.2) is 15.1 Å².